The van der Waals surface area contributed by atoms with Crippen LogP contribution in [0.15, 0.2) is 24.3 Å². The lowest BCUT2D eigenvalue weighted by Crippen LogP contribution is -2.28. The van der Waals surface area contributed by atoms with Crippen molar-refractivity contribution in [2.75, 3.05) is 13.2 Å². The number of nitrogens with zero attached hydrogens (tertiary/aromatic N) is 2. The minimum atomic E-state index is 0.182. The van der Waals surface area contributed by atoms with Gasteiger partial charge in [0.05, 0.1) is 17.1 Å². The van der Waals surface area contributed by atoms with Gasteiger partial charge in [-0.15, -0.1) is 0 Å². The Morgan fingerprint density at radius 1 is 1.32 bits per heavy atom. The van der Waals surface area contributed by atoms with E-state index >= 15 is 0 Å². The van der Waals surface area contributed by atoms with Gasteiger partial charge < -0.3 is 15.0 Å². The van der Waals surface area contributed by atoms with E-state index in [9.17, 15) is 0 Å². The molecule has 0 radical (unpaired) electrons. The molecule has 0 bridgehead atoms. The zero-order chi connectivity index (χ0) is 13.8. The van der Waals surface area contributed by atoms with E-state index < -0.39 is 0 Å². The highest BCUT2D eigenvalue weighted by Gasteiger charge is 2.15. The van der Waals surface area contributed by atoms with Crippen molar-refractivity contribution in [2.24, 2.45) is 5.92 Å². The molecule has 0 fully saturated rings. The first-order valence-corrected chi connectivity index (χ1v) is 6.96. The standard InChI is InChI=1S/C15H23N3O/c1-4-18-14-8-6-5-7-13(14)17-15(18)12(3)16-9-11(2)10-19/h5-8,11-12,16,19H,4,9-10H2,1-3H3. The van der Waals surface area contributed by atoms with Gasteiger partial charge in [0.25, 0.3) is 0 Å². The average Bonchev–Trinajstić information content (AvgIpc) is 2.82. The summed E-state index contributed by atoms with van der Waals surface area (Å²) >= 11 is 0. The van der Waals surface area contributed by atoms with Crippen molar-refractivity contribution in [3.05, 3.63) is 30.1 Å². The summed E-state index contributed by atoms with van der Waals surface area (Å²) in [6.45, 7) is 8.21. The Bertz CT molecular complexity index is 535. The Balaban J connectivity index is 2.23. The molecule has 4 nitrogen and oxygen atoms in total. The number of aliphatic hydroxyl groups is 1. The van der Waals surface area contributed by atoms with Crippen LogP contribution in [0.25, 0.3) is 11.0 Å². The number of aliphatic hydroxyl groups excluding tert-OH is 1. The van der Waals surface area contributed by atoms with Crippen molar-refractivity contribution in [2.45, 2.75) is 33.4 Å². The Labute approximate surface area is 114 Å². The van der Waals surface area contributed by atoms with Crippen molar-refractivity contribution in [1.82, 2.24) is 14.9 Å². The molecule has 2 rings (SSSR count). The smallest absolute Gasteiger partial charge is 0.126 e. The molecule has 0 aliphatic heterocycles. The van der Waals surface area contributed by atoms with Gasteiger partial charge in [0.2, 0.25) is 0 Å². The molecule has 1 heterocycles. The minimum Gasteiger partial charge on any atom is -0.396 e. The third-order valence-electron chi connectivity index (χ3n) is 3.47. The zero-order valence-electron chi connectivity index (χ0n) is 11.9. The van der Waals surface area contributed by atoms with E-state index in [0.717, 1.165) is 24.4 Å². The number of rotatable bonds is 6. The topological polar surface area (TPSA) is 50.1 Å². The number of benzene rings is 1. The van der Waals surface area contributed by atoms with Gasteiger partial charge in [-0.3, -0.25) is 0 Å². The summed E-state index contributed by atoms with van der Waals surface area (Å²) in [6.07, 6.45) is 0. The van der Waals surface area contributed by atoms with E-state index in [0.29, 0.717) is 0 Å². The number of aryl methyl sites for hydroxylation is 1. The van der Waals surface area contributed by atoms with E-state index in [-0.39, 0.29) is 18.6 Å². The molecule has 0 spiro atoms. The number of para-hydroxylation sites is 2. The van der Waals surface area contributed by atoms with E-state index in [1.54, 1.807) is 0 Å². The Kier molecular flexibility index (Phi) is 4.56. The van der Waals surface area contributed by atoms with E-state index in [4.69, 9.17) is 10.1 Å². The Morgan fingerprint density at radius 2 is 2.05 bits per heavy atom. The first-order valence-electron chi connectivity index (χ1n) is 6.96. The van der Waals surface area contributed by atoms with Crippen molar-refractivity contribution < 1.29 is 5.11 Å². The van der Waals surface area contributed by atoms with Gasteiger partial charge in [0.1, 0.15) is 5.82 Å². The second-order valence-corrected chi connectivity index (χ2v) is 5.12. The molecule has 1 aromatic heterocycles. The highest BCUT2D eigenvalue weighted by Crippen LogP contribution is 2.20. The van der Waals surface area contributed by atoms with Crippen LogP contribution in [-0.2, 0) is 6.54 Å². The van der Waals surface area contributed by atoms with Crippen molar-refractivity contribution in [1.29, 1.82) is 0 Å². The summed E-state index contributed by atoms with van der Waals surface area (Å²) in [5.41, 5.74) is 2.23. The van der Waals surface area contributed by atoms with Gasteiger partial charge in [0, 0.05) is 19.7 Å². The molecule has 2 unspecified atom stereocenters. The third-order valence-corrected chi connectivity index (χ3v) is 3.47. The Morgan fingerprint density at radius 3 is 2.74 bits per heavy atom. The van der Waals surface area contributed by atoms with Crippen LogP contribution in [0.1, 0.15) is 32.6 Å². The molecule has 2 N–H and O–H groups in total. The fourth-order valence-corrected chi connectivity index (χ4v) is 2.29. The van der Waals surface area contributed by atoms with E-state index in [1.165, 1.54) is 5.52 Å². The molecule has 4 heteroatoms. The number of imidazole rings is 1. The molecule has 0 saturated heterocycles. The van der Waals surface area contributed by atoms with Crippen molar-refractivity contribution >= 4 is 11.0 Å². The molecule has 2 atom stereocenters. The molecule has 104 valence electrons. The van der Waals surface area contributed by atoms with E-state index in [2.05, 4.69) is 29.8 Å². The lowest BCUT2D eigenvalue weighted by molar-refractivity contribution is 0.230. The summed E-state index contributed by atoms with van der Waals surface area (Å²) in [5.74, 6) is 1.33. The summed E-state index contributed by atoms with van der Waals surface area (Å²) in [5, 5.41) is 12.5. The SMILES string of the molecule is CCn1c(C(C)NCC(C)CO)nc2ccccc21. The monoisotopic (exact) mass is 261 g/mol. The molecule has 0 aliphatic rings. The largest absolute Gasteiger partial charge is 0.396 e. The summed E-state index contributed by atoms with van der Waals surface area (Å²) in [6, 6.07) is 8.41. The first kappa shape index (κ1) is 14.0. The fraction of sp³-hybridized carbons (Fsp3) is 0.533. The van der Waals surface area contributed by atoms with Gasteiger partial charge in [-0.2, -0.15) is 0 Å². The molecule has 2 aromatic rings. The lowest BCUT2D eigenvalue weighted by atomic mass is 10.2. The fourth-order valence-electron chi connectivity index (χ4n) is 2.29. The van der Waals surface area contributed by atoms with Crippen LogP contribution in [0.2, 0.25) is 0 Å². The molecule has 19 heavy (non-hydrogen) atoms. The summed E-state index contributed by atoms with van der Waals surface area (Å²) in [7, 11) is 0. The lowest BCUT2D eigenvalue weighted by Gasteiger charge is -2.17. The average molecular weight is 261 g/mol. The van der Waals surface area contributed by atoms with Gasteiger partial charge in [-0.25, -0.2) is 4.98 Å². The maximum Gasteiger partial charge on any atom is 0.126 e. The summed E-state index contributed by atoms with van der Waals surface area (Å²) < 4.78 is 2.25. The molecule has 0 aliphatic carbocycles. The highest BCUT2D eigenvalue weighted by atomic mass is 16.3. The van der Waals surface area contributed by atoms with Gasteiger partial charge in [0.15, 0.2) is 0 Å². The minimum absolute atomic E-state index is 0.182. The van der Waals surface area contributed by atoms with Crippen LogP contribution >= 0.6 is 0 Å². The highest BCUT2D eigenvalue weighted by molar-refractivity contribution is 5.76. The maximum atomic E-state index is 9.07. The van der Waals surface area contributed by atoms with Crippen LogP contribution in [0, 0.1) is 5.92 Å². The third kappa shape index (κ3) is 2.96. The second kappa shape index (κ2) is 6.17. The van der Waals surface area contributed by atoms with Crippen LogP contribution in [0.4, 0.5) is 0 Å². The van der Waals surface area contributed by atoms with Crippen LogP contribution in [0.3, 0.4) is 0 Å². The first-order chi connectivity index (χ1) is 9.17. The van der Waals surface area contributed by atoms with Crippen LogP contribution in [-0.4, -0.2) is 27.8 Å². The van der Waals surface area contributed by atoms with Crippen molar-refractivity contribution in [3.8, 4) is 0 Å². The number of fused-ring (bicyclic) bond motifs is 1. The predicted molar refractivity (Wildman–Crippen MR) is 78.1 cm³/mol. The predicted octanol–water partition coefficient (Wildman–Crippen LogP) is 2.34. The zero-order valence-corrected chi connectivity index (χ0v) is 11.9. The number of hydrogen-bond donors (Lipinski definition) is 2. The second-order valence-electron chi connectivity index (χ2n) is 5.12. The Hall–Kier alpha value is -1.39. The van der Waals surface area contributed by atoms with Gasteiger partial charge >= 0.3 is 0 Å². The van der Waals surface area contributed by atoms with Crippen LogP contribution < -0.4 is 5.32 Å². The number of nitrogens with one attached hydrogen (secondary N) is 1. The van der Waals surface area contributed by atoms with Crippen LogP contribution in [0.5, 0.6) is 0 Å². The summed E-state index contributed by atoms with van der Waals surface area (Å²) in [4.78, 5) is 4.73. The quantitative estimate of drug-likeness (QED) is 0.839. The normalized spacial score (nSPS) is 14.7. The van der Waals surface area contributed by atoms with Crippen molar-refractivity contribution in [3.63, 3.8) is 0 Å². The molecule has 0 saturated carbocycles. The van der Waals surface area contributed by atoms with E-state index in [1.807, 2.05) is 25.1 Å². The maximum absolute atomic E-state index is 9.07. The van der Waals surface area contributed by atoms with Gasteiger partial charge in [-0.05, 0) is 31.9 Å². The molecular formula is C15H23N3O. The molecular weight excluding hydrogens is 238 g/mol. The van der Waals surface area contributed by atoms with Gasteiger partial charge in [-0.1, -0.05) is 19.1 Å². The number of aromatic nitrogens is 2. The molecule has 0 amide bonds. The molecule has 1 aromatic carbocycles. The number of hydrogen-bond acceptors (Lipinski definition) is 3.